The van der Waals surface area contributed by atoms with Crippen LogP contribution in [0, 0.1) is 0 Å². The molecule has 0 radical (unpaired) electrons. The molecule has 120 valence electrons. The van der Waals surface area contributed by atoms with Gasteiger partial charge in [0.25, 0.3) is 0 Å². The molecule has 0 bridgehead atoms. The number of fused-ring (bicyclic) bond motifs is 2. The zero-order chi connectivity index (χ0) is 16.1. The molecule has 5 rings (SSSR count). The molecule has 3 aromatic rings. The van der Waals surface area contributed by atoms with E-state index in [1.165, 1.54) is 23.2 Å². The summed E-state index contributed by atoms with van der Waals surface area (Å²) >= 11 is 0. The molecule has 1 aromatic heterocycles. The normalized spacial score (nSPS) is 16.2. The molecule has 0 spiro atoms. The van der Waals surface area contributed by atoms with Gasteiger partial charge in [-0.1, -0.05) is 30.3 Å². The molecule has 4 nitrogen and oxygen atoms in total. The van der Waals surface area contributed by atoms with Crippen molar-refractivity contribution in [2.24, 2.45) is 0 Å². The van der Waals surface area contributed by atoms with Crippen molar-refractivity contribution in [2.45, 2.75) is 25.7 Å². The molecular formula is C20H18N2O2. The molecule has 0 unspecified atom stereocenters. The maximum absolute atomic E-state index is 12.5. The molecule has 0 N–H and O–H groups in total. The lowest BCUT2D eigenvalue weighted by Gasteiger charge is -2.36. The Kier molecular flexibility index (Phi) is 2.98. The SMILES string of the molecule is O=c1oc2c3c4c(cc2nc1-c1ccccc1)CCCN4CCC3. The van der Waals surface area contributed by atoms with Crippen molar-refractivity contribution in [2.75, 3.05) is 18.0 Å². The molecular weight excluding hydrogens is 300 g/mol. The zero-order valence-corrected chi connectivity index (χ0v) is 13.4. The highest BCUT2D eigenvalue weighted by atomic mass is 16.4. The topological polar surface area (TPSA) is 46.3 Å². The van der Waals surface area contributed by atoms with Crippen LogP contribution in [0.15, 0.2) is 45.6 Å². The third-order valence-corrected chi connectivity index (χ3v) is 5.12. The Hall–Kier alpha value is -2.62. The summed E-state index contributed by atoms with van der Waals surface area (Å²) in [5, 5.41) is 0. The van der Waals surface area contributed by atoms with Crippen molar-refractivity contribution in [3.8, 4) is 11.3 Å². The lowest BCUT2D eigenvalue weighted by atomic mass is 9.91. The van der Waals surface area contributed by atoms with Gasteiger partial charge in [-0.05, 0) is 37.3 Å². The maximum Gasteiger partial charge on any atom is 0.363 e. The van der Waals surface area contributed by atoms with Crippen LogP contribution in [-0.2, 0) is 12.8 Å². The molecule has 0 amide bonds. The Labute approximate surface area is 139 Å². The van der Waals surface area contributed by atoms with E-state index >= 15 is 0 Å². The highest BCUT2D eigenvalue weighted by Crippen LogP contribution is 2.39. The first-order valence-electron chi connectivity index (χ1n) is 8.61. The third kappa shape index (κ3) is 1.99. The average Bonchev–Trinajstić information content (AvgIpc) is 2.63. The molecule has 3 heterocycles. The van der Waals surface area contributed by atoms with Gasteiger partial charge in [0, 0.05) is 29.9 Å². The van der Waals surface area contributed by atoms with E-state index in [2.05, 4.69) is 16.0 Å². The van der Waals surface area contributed by atoms with Gasteiger partial charge in [-0.3, -0.25) is 0 Å². The van der Waals surface area contributed by atoms with Crippen LogP contribution in [-0.4, -0.2) is 18.1 Å². The molecule has 0 fully saturated rings. The first-order chi connectivity index (χ1) is 11.8. The highest BCUT2D eigenvalue weighted by molar-refractivity contribution is 5.87. The van der Waals surface area contributed by atoms with Crippen LogP contribution in [0.3, 0.4) is 0 Å². The highest BCUT2D eigenvalue weighted by Gasteiger charge is 2.27. The fourth-order valence-corrected chi connectivity index (χ4v) is 4.10. The number of benzene rings is 2. The van der Waals surface area contributed by atoms with Crippen molar-refractivity contribution in [3.05, 3.63) is 57.9 Å². The van der Waals surface area contributed by atoms with Crippen molar-refractivity contribution in [1.82, 2.24) is 4.98 Å². The standard InChI is InChI=1S/C20H18N2O2/c23-20-17(13-6-2-1-3-7-13)21-16-12-14-8-4-10-22-11-5-9-15(18(14)22)19(16)24-20/h1-3,6-7,12H,4-5,8-11H2. The van der Waals surface area contributed by atoms with Crippen LogP contribution >= 0.6 is 0 Å². The Bertz CT molecular complexity index is 990. The molecule has 4 heteroatoms. The second-order valence-corrected chi connectivity index (χ2v) is 6.62. The summed E-state index contributed by atoms with van der Waals surface area (Å²) in [6, 6.07) is 11.7. The van der Waals surface area contributed by atoms with Crippen LogP contribution in [0.1, 0.15) is 24.0 Å². The number of nitrogens with zero attached hydrogens (tertiary/aromatic N) is 2. The molecule has 0 saturated carbocycles. The predicted molar refractivity (Wildman–Crippen MR) is 94.6 cm³/mol. The number of hydrogen-bond donors (Lipinski definition) is 0. The molecule has 24 heavy (non-hydrogen) atoms. The van der Waals surface area contributed by atoms with Crippen molar-refractivity contribution in [1.29, 1.82) is 0 Å². The summed E-state index contributed by atoms with van der Waals surface area (Å²) in [5.74, 6) is 0. The molecule has 2 aliphatic rings. The summed E-state index contributed by atoms with van der Waals surface area (Å²) in [4.78, 5) is 19.7. The van der Waals surface area contributed by atoms with E-state index in [4.69, 9.17) is 4.42 Å². The van der Waals surface area contributed by atoms with E-state index in [9.17, 15) is 4.79 Å². The summed E-state index contributed by atoms with van der Waals surface area (Å²) < 4.78 is 5.77. The van der Waals surface area contributed by atoms with Gasteiger partial charge in [0.2, 0.25) is 0 Å². The first kappa shape index (κ1) is 13.8. The second kappa shape index (κ2) is 5.20. The summed E-state index contributed by atoms with van der Waals surface area (Å²) in [5.41, 5.74) is 6.19. The number of rotatable bonds is 1. The zero-order valence-electron chi connectivity index (χ0n) is 13.4. The van der Waals surface area contributed by atoms with Crippen LogP contribution in [0.4, 0.5) is 5.69 Å². The smallest absolute Gasteiger partial charge is 0.363 e. The largest absolute Gasteiger partial charge is 0.419 e. The van der Waals surface area contributed by atoms with Crippen LogP contribution in [0.2, 0.25) is 0 Å². The first-order valence-corrected chi connectivity index (χ1v) is 8.61. The lowest BCUT2D eigenvalue weighted by Crippen LogP contribution is -2.34. The fraction of sp³-hybridized carbons (Fsp3) is 0.300. The number of hydrogen-bond acceptors (Lipinski definition) is 4. The quantitative estimate of drug-likeness (QED) is 0.688. The Morgan fingerprint density at radius 2 is 1.83 bits per heavy atom. The Morgan fingerprint density at radius 3 is 2.67 bits per heavy atom. The van der Waals surface area contributed by atoms with Gasteiger partial charge < -0.3 is 9.32 Å². The minimum atomic E-state index is -0.349. The Morgan fingerprint density at radius 1 is 1.04 bits per heavy atom. The van der Waals surface area contributed by atoms with E-state index in [0.717, 1.165) is 43.4 Å². The monoisotopic (exact) mass is 318 g/mol. The summed E-state index contributed by atoms with van der Waals surface area (Å²) in [7, 11) is 0. The molecule has 2 aliphatic heterocycles. The van der Waals surface area contributed by atoms with Gasteiger partial charge in [0.05, 0.1) is 0 Å². The van der Waals surface area contributed by atoms with Gasteiger partial charge >= 0.3 is 5.63 Å². The number of aromatic nitrogens is 1. The second-order valence-electron chi connectivity index (χ2n) is 6.62. The van der Waals surface area contributed by atoms with E-state index in [1.54, 1.807) is 0 Å². The summed E-state index contributed by atoms with van der Waals surface area (Å²) in [6.45, 7) is 2.20. The number of aryl methyl sites for hydroxylation is 2. The minimum absolute atomic E-state index is 0.349. The molecule has 0 aliphatic carbocycles. The molecule has 0 saturated heterocycles. The van der Waals surface area contributed by atoms with Crippen LogP contribution < -0.4 is 10.5 Å². The van der Waals surface area contributed by atoms with Crippen molar-refractivity contribution < 1.29 is 4.42 Å². The van der Waals surface area contributed by atoms with Crippen LogP contribution in [0.25, 0.3) is 22.4 Å². The number of anilines is 1. The van der Waals surface area contributed by atoms with Crippen LogP contribution in [0.5, 0.6) is 0 Å². The van der Waals surface area contributed by atoms with E-state index in [-0.39, 0.29) is 5.63 Å². The van der Waals surface area contributed by atoms with Gasteiger partial charge in [-0.2, -0.15) is 0 Å². The fourth-order valence-electron chi connectivity index (χ4n) is 4.10. The minimum Gasteiger partial charge on any atom is -0.419 e. The van der Waals surface area contributed by atoms with E-state index < -0.39 is 0 Å². The maximum atomic E-state index is 12.5. The van der Waals surface area contributed by atoms with Gasteiger partial charge in [0.1, 0.15) is 5.52 Å². The summed E-state index contributed by atoms with van der Waals surface area (Å²) in [6.07, 6.45) is 4.33. The van der Waals surface area contributed by atoms with Crippen molar-refractivity contribution >= 4 is 16.8 Å². The Balaban J connectivity index is 1.80. The molecule has 2 aromatic carbocycles. The predicted octanol–water partition coefficient (Wildman–Crippen LogP) is 3.55. The van der Waals surface area contributed by atoms with E-state index in [1.807, 2.05) is 30.3 Å². The van der Waals surface area contributed by atoms with E-state index in [0.29, 0.717) is 11.3 Å². The average molecular weight is 318 g/mol. The van der Waals surface area contributed by atoms with Crippen molar-refractivity contribution in [3.63, 3.8) is 0 Å². The van der Waals surface area contributed by atoms with Gasteiger partial charge in [-0.25, -0.2) is 9.78 Å². The van der Waals surface area contributed by atoms with Gasteiger partial charge in [-0.15, -0.1) is 0 Å². The van der Waals surface area contributed by atoms with Gasteiger partial charge in [0.15, 0.2) is 11.3 Å². The third-order valence-electron chi connectivity index (χ3n) is 5.12. The molecule has 0 atom stereocenters. The lowest BCUT2D eigenvalue weighted by molar-refractivity contribution is 0.546.